The molecular formula is C12H14Cl2N2O2. The zero-order valence-corrected chi connectivity index (χ0v) is 11.7. The summed E-state index contributed by atoms with van der Waals surface area (Å²) in [5.74, 6) is -0.178. The Balaban J connectivity index is 2.60. The summed E-state index contributed by atoms with van der Waals surface area (Å²) in [6.07, 6.45) is 0.536. The maximum Gasteiger partial charge on any atom is 0.246 e. The predicted octanol–water partition coefficient (Wildman–Crippen LogP) is 3.16. The molecule has 1 rings (SSSR count). The van der Waals surface area contributed by atoms with Gasteiger partial charge in [0, 0.05) is 19.2 Å². The molecule has 0 aliphatic heterocycles. The first kappa shape index (κ1) is 15.0. The molecular weight excluding hydrogens is 275 g/mol. The number of benzene rings is 1. The second-order valence-corrected chi connectivity index (χ2v) is 4.50. The molecule has 0 radical (unpaired) electrons. The van der Waals surface area contributed by atoms with Gasteiger partial charge in [-0.3, -0.25) is 9.63 Å². The predicted molar refractivity (Wildman–Crippen MR) is 72.3 cm³/mol. The lowest BCUT2D eigenvalue weighted by Gasteiger charge is -2.13. The van der Waals surface area contributed by atoms with Crippen LogP contribution in [0.1, 0.15) is 18.4 Å². The number of hydroxylamine groups is 2. The first-order valence-electron chi connectivity index (χ1n) is 5.29. The normalized spacial score (nSPS) is 10.2. The van der Waals surface area contributed by atoms with Crippen molar-refractivity contribution in [3.63, 3.8) is 0 Å². The molecule has 0 spiro atoms. The molecule has 6 heteroatoms. The van der Waals surface area contributed by atoms with Crippen LogP contribution in [0.4, 0.5) is 0 Å². The van der Waals surface area contributed by atoms with Gasteiger partial charge >= 0.3 is 0 Å². The summed E-state index contributed by atoms with van der Waals surface area (Å²) in [7, 11) is 2.95. The van der Waals surface area contributed by atoms with Gasteiger partial charge in [0.05, 0.1) is 17.2 Å². The van der Waals surface area contributed by atoms with Crippen LogP contribution >= 0.6 is 23.2 Å². The van der Waals surface area contributed by atoms with Crippen molar-refractivity contribution < 1.29 is 9.63 Å². The van der Waals surface area contributed by atoms with Crippen molar-refractivity contribution in [2.24, 2.45) is 0 Å². The number of hydrogen-bond acceptors (Lipinski definition) is 3. The fourth-order valence-corrected chi connectivity index (χ4v) is 1.62. The van der Waals surface area contributed by atoms with E-state index in [9.17, 15) is 4.79 Å². The molecule has 1 aromatic rings. The van der Waals surface area contributed by atoms with Crippen LogP contribution in [-0.4, -0.2) is 30.8 Å². The number of rotatable bonds is 5. The largest absolute Gasteiger partial charge is 0.305 e. The molecule has 0 aliphatic rings. The molecule has 0 bridgehead atoms. The molecule has 0 heterocycles. The maximum atomic E-state index is 11.5. The molecule has 98 valence electrons. The van der Waals surface area contributed by atoms with Gasteiger partial charge in [-0.05, 0) is 24.1 Å². The van der Waals surface area contributed by atoms with Crippen molar-refractivity contribution in [3.05, 3.63) is 33.8 Å². The molecule has 4 nitrogen and oxygen atoms in total. The summed E-state index contributed by atoms with van der Waals surface area (Å²) in [5.41, 5.74) is 1.00. The monoisotopic (exact) mass is 288 g/mol. The summed E-state index contributed by atoms with van der Waals surface area (Å²) in [4.78, 5) is 16.2. The van der Waals surface area contributed by atoms with Crippen LogP contribution in [0.5, 0.6) is 0 Å². The molecule has 1 N–H and O–H groups in total. The number of amides is 1. The Morgan fingerprint density at radius 1 is 1.33 bits per heavy atom. The number of carbonyl (C=O) groups excluding carboxylic acids is 1. The number of nitrogens with one attached hydrogen (secondary N) is 1. The minimum Gasteiger partial charge on any atom is -0.305 e. The Bertz CT molecular complexity index is 463. The molecule has 0 aliphatic carbocycles. The Morgan fingerprint density at radius 3 is 2.56 bits per heavy atom. The topological polar surface area (TPSA) is 53.4 Å². The van der Waals surface area contributed by atoms with Gasteiger partial charge in [0.2, 0.25) is 5.91 Å². The zero-order chi connectivity index (χ0) is 13.7. The number of nitrogens with zero attached hydrogens (tertiary/aromatic N) is 1. The summed E-state index contributed by atoms with van der Waals surface area (Å²) in [6.45, 7) is 0. The molecule has 1 aromatic carbocycles. The van der Waals surface area contributed by atoms with Crippen molar-refractivity contribution in [1.82, 2.24) is 5.06 Å². The van der Waals surface area contributed by atoms with E-state index < -0.39 is 0 Å². The molecule has 1 amide bonds. The van der Waals surface area contributed by atoms with E-state index in [0.29, 0.717) is 27.7 Å². The lowest BCUT2D eigenvalue weighted by molar-refractivity contribution is -0.168. The average molecular weight is 289 g/mol. The third kappa shape index (κ3) is 3.98. The van der Waals surface area contributed by atoms with Gasteiger partial charge < -0.3 is 5.41 Å². The highest BCUT2D eigenvalue weighted by Gasteiger charge is 2.11. The first-order valence-corrected chi connectivity index (χ1v) is 6.04. The van der Waals surface area contributed by atoms with Crippen LogP contribution in [0.3, 0.4) is 0 Å². The van der Waals surface area contributed by atoms with E-state index >= 15 is 0 Å². The van der Waals surface area contributed by atoms with E-state index in [0.717, 1.165) is 5.06 Å². The van der Waals surface area contributed by atoms with E-state index in [1.165, 1.54) is 14.2 Å². The second kappa shape index (κ2) is 6.73. The van der Waals surface area contributed by atoms with Crippen LogP contribution in [0.2, 0.25) is 10.0 Å². The van der Waals surface area contributed by atoms with Gasteiger partial charge in [0.15, 0.2) is 0 Å². The van der Waals surface area contributed by atoms with E-state index in [2.05, 4.69) is 0 Å². The van der Waals surface area contributed by atoms with Crippen LogP contribution in [0.15, 0.2) is 18.2 Å². The minimum absolute atomic E-state index is 0.178. The van der Waals surface area contributed by atoms with Crippen molar-refractivity contribution in [2.75, 3.05) is 14.2 Å². The molecule has 0 fully saturated rings. The summed E-state index contributed by atoms with van der Waals surface area (Å²) >= 11 is 11.7. The Morgan fingerprint density at radius 2 is 2.00 bits per heavy atom. The quantitative estimate of drug-likeness (QED) is 0.668. The van der Waals surface area contributed by atoms with Crippen LogP contribution < -0.4 is 0 Å². The number of hydrogen-bond donors (Lipinski definition) is 1. The SMILES string of the molecule is CON(C)C(=O)CCC(=N)c1ccc(Cl)c(Cl)c1. The van der Waals surface area contributed by atoms with Crippen molar-refractivity contribution in [3.8, 4) is 0 Å². The molecule has 0 unspecified atom stereocenters. The maximum absolute atomic E-state index is 11.5. The van der Waals surface area contributed by atoms with E-state index in [1.807, 2.05) is 0 Å². The molecule has 0 saturated heterocycles. The summed E-state index contributed by atoms with van der Waals surface area (Å²) < 4.78 is 0. The van der Waals surface area contributed by atoms with Gasteiger partial charge in [-0.15, -0.1) is 0 Å². The average Bonchev–Trinajstić information content (AvgIpc) is 2.37. The van der Waals surface area contributed by atoms with E-state index in [4.69, 9.17) is 33.4 Å². The zero-order valence-electron chi connectivity index (χ0n) is 10.2. The van der Waals surface area contributed by atoms with Gasteiger partial charge in [-0.1, -0.05) is 29.3 Å². The molecule has 0 atom stereocenters. The van der Waals surface area contributed by atoms with Gasteiger partial charge in [-0.25, -0.2) is 5.06 Å². The first-order chi connectivity index (χ1) is 8.45. The highest BCUT2D eigenvalue weighted by Crippen LogP contribution is 2.23. The Hall–Kier alpha value is -1.10. The molecule has 0 aromatic heterocycles. The summed E-state index contributed by atoms with van der Waals surface area (Å²) in [6, 6.07) is 4.97. The third-order valence-electron chi connectivity index (χ3n) is 2.48. The van der Waals surface area contributed by atoms with E-state index in [1.54, 1.807) is 18.2 Å². The number of carbonyl (C=O) groups is 1. The van der Waals surface area contributed by atoms with Crippen LogP contribution in [-0.2, 0) is 9.63 Å². The van der Waals surface area contributed by atoms with Gasteiger partial charge in [0.1, 0.15) is 0 Å². The minimum atomic E-state index is -0.178. The van der Waals surface area contributed by atoms with Gasteiger partial charge in [-0.2, -0.15) is 0 Å². The van der Waals surface area contributed by atoms with Crippen LogP contribution in [0, 0.1) is 5.41 Å². The Labute approximate surface area is 116 Å². The Kier molecular flexibility index (Phi) is 5.59. The fourth-order valence-electron chi connectivity index (χ4n) is 1.32. The summed E-state index contributed by atoms with van der Waals surface area (Å²) in [5, 5.41) is 9.87. The van der Waals surface area contributed by atoms with Crippen LogP contribution in [0.25, 0.3) is 0 Å². The number of halogens is 2. The third-order valence-corrected chi connectivity index (χ3v) is 3.22. The lowest BCUT2D eigenvalue weighted by atomic mass is 10.1. The van der Waals surface area contributed by atoms with Gasteiger partial charge in [0.25, 0.3) is 0 Å². The van der Waals surface area contributed by atoms with Crippen molar-refractivity contribution in [1.29, 1.82) is 5.41 Å². The fraction of sp³-hybridized carbons (Fsp3) is 0.333. The van der Waals surface area contributed by atoms with Crippen molar-refractivity contribution >= 4 is 34.8 Å². The molecule has 0 saturated carbocycles. The highest BCUT2D eigenvalue weighted by molar-refractivity contribution is 6.42. The smallest absolute Gasteiger partial charge is 0.246 e. The second-order valence-electron chi connectivity index (χ2n) is 3.68. The van der Waals surface area contributed by atoms with Crippen molar-refractivity contribution in [2.45, 2.75) is 12.8 Å². The lowest BCUT2D eigenvalue weighted by Crippen LogP contribution is -2.25. The standard InChI is InChI=1S/C12H14Cl2N2O2/c1-16(18-2)12(17)6-5-11(15)8-3-4-9(13)10(14)7-8/h3-4,7,15H,5-6H2,1-2H3. The highest BCUT2D eigenvalue weighted by atomic mass is 35.5. The van der Waals surface area contributed by atoms with E-state index in [-0.39, 0.29) is 12.3 Å². The molecule has 18 heavy (non-hydrogen) atoms.